The highest BCUT2D eigenvalue weighted by molar-refractivity contribution is 6.66. The van der Waals surface area contributed by atoms with E-state index in [2.05, 4.69) is 20.4 Å². The van der Waals surface area contributed by atoms with Gasteiger partial charge in [-0.2, -0.15) is 0 Å². The minimum absolute atomic E-state index is 0.783. The molecule has 0 aliphatic carbocycles. The molecule has 2 N–H and O–H groups in total. The highest BCUT2D eigenvalue weighted by Gasteiger charge is 2.29. The number of unbranched alkanes of at least 4 members (excludes halogenated alkanes) is 8. The summed E-state index contributed by atoms with van der Waals surface area (Å²) in [5.74, 6) is 0. The van der Waals surface area contributed by atoms with E-state index < -0.39 is 8.56 Å². The fraction of sp³-hybridized carbons (Fsp3) is 1.00. The summed E-state index contributed by atoms with van der Waals surface area (Å²) in [6.07, 6.45) is 11.9. The zero-order chi connectivity index (χ0) is 15.1. The predicted molar refractivity (Wildman–Crippen MR) is 90.3 cm³/mol. The summed E-state index contributed by atoms with van der Waals surface area (Å²) in [5.41, 5.74) is 5.49. The Morgan fingerprint density at radius 1 is 0.700 bits per heavy atom. The van der Waals surface area contributed by atoms with Gasteiger partial charge in [-0.25, -0.2) is 0 Å². The Morgan fingerprint density at radius 3 is 1.50 bits per heavy atom. The molecule has 0 unspecified atom stereocenters. The van der Waals surface area contributed by atoms with Crippen LogP contribution in [0.5, 0.6) is 0 Å². The normalized spacial score (nSPS) is 12.0. The largest absolute Gasteiger partial charge is 0.395 e. The van der Waals surface area contributed by atoms with Crippen LogP contribution in [0.2, 0.25) is 12.6 Å². The molecule has 4 heteroatoms. The van der Waals surface area contributed by atoms with Gasteiger partial charge in [0.25, 0.3) is 0 Å². The van der Waals surface area contributed by atoms with Crippen molar-refractivity contribution in [1.82, 2.24) is 0 Å². The van der Waals surface area contributed by atoms with Crippen molar-refractivity contribution in [3.05, 3.63) is 0 Å². The molecule has 0 aromatic heterocycles. The summed E-state index contributed by atoms with van der Waals surface area (Å²) in [6, 6.07) is 1.14. The molecule has 0 saturated heterocycles. The summed E-state index contributed by atoms with van der Waals surface area (Å²) >= 11 is 0. The van der Waals surface area contributed by atoms with Crippen LogP contribution in [0.4, 0.5) is 0 Å². The van der Waals surface area contributed by atoms with Gasteiger partial charge in [-0.3, -0.25) is 0 Å². The first kappa shape index (κ1) is 20.1. The molecule has 0 spiro atoms. The van der Waals surface area contributed by atoms with Gasteiger partial charge in [0.1, 0.15) is 0 Å². The van der Waals surface area contributed by atoms with Crippen LogP contribution in [0.15, 0.2) is 0 Å². The van der Waals surface area contributed by atoms with Crippen molar-refractivity contribution in [3.63, 3.8) is 0 Å². The van der Waals surface area contributed by atoms with E-state index >= 15 is 0 Å². The van der Waals surface area contributed by atoms with E-state index in [1.807, 2.05) is 0 Å². The second kappa shape index (κ2) is 14.1. The Labute approximate surface area is 127 Å². The zero-order valence-corrected chi connectivity index (χ0v) is 15.1. The smallest absolute Gasteiger partial charge is 0.334 e. The van der Waals surface area contributed by atoms with Gasteiger partial charge in [-0.15, -0.1) is 0 Å². The summed E-state index contributed by atoms with van der Waals surface area (Å²) in [4.78, 5) is 0. The molecule has 0 aliphatic rings. The molecule has 3 nitrogen and oxygen atoms in total. The minimum Gasteiger partial charge on any atom is -0.395 e. The molecule has 0 aromatic carbocycles. The topological polar surface area (TPSA) is 44.5 Å². The van der Waals surface area contributed by atoms with Crippen LogP contribution in [0.25, 0.3) is 0 Å². The van der Waals surface area contributed by atoms with Crippen molar-refractivity contribution in [1.29, 1.82) is 0 Å². The molecule has 0 bridgehead atoms. The molecule has 0 radical (unpaired) electrons. The number of nitrogens with two attached hydrogens (primary N) is 1. The molecule has 0 saturated carbocycles. The third-order valence-electron chi connectivity index (χ3n) is 3.73. The standard InChI is InChI=1S/C16H37NO2Si/c1-4-18-20(3,19-5-2)16-14-12-10-8-6-7-9-11-13-15-17/h4-17H2,1-3H3. The molecule has 0 rings (SSSR count). The van der Waals surface area contributed by atoms with Crippen LogP contribution < -0.4 is 5.73 Å². The Balaban J connectivity index is 3.41. The summed E-state index contributed by atoms with van der Waals surface area (Å²) in [5, 5.41) is 0. The minimum atomic E-state index is -1.85. The molecular formula is C16H37NO2Si. The molecule has 0 fully saturated rings. The Hall–Kier alpha value is 0.0969. The van der Waals surface area contributed by atoms with E-state index in [1.165, 1.54) is 57.8 Å². The Kier molecular flexibility index (Phi) is 14.1. The maximum Gasteiger partial charge on any atom is 0.334 e. The third-order valence-corrected chi connectivity index (χ3v) is 6.79. The van der Waals surface area contributed by atoms with Crippen molar-refractivity contribution in [2.24, 2.45) is 5.73 Å². The van der Waals surface area contributed by atoms with Gasteiger partial charge in [0.2, 0.25) is 0 Å². The fourth-order valence-corrected chi connectivity index (χ4v) is 5.11. The highest BCUT2D eigenvalue weighted by Crippen LogP contribution is 2.19. The Morgan fingerprint density at radius 2 is 1.10 bits per heavy atom. The van der Waals surface area contributed by atoms with Crippen LogP contribution in [0, 0.1) is 0 Å². The molecule has 0 atom stereocenters. The van der Waals surface area contributed by atoms with Gasteiger partial charge in [-0.05, 0) is 39.4 Å². The average Bonchev–Trinajstić information content (AvgIpc) is 2.41. The molecular weight excluding hydrogens is 266 g/mol. The number of rotatable bonds is 15. The molecule has 0 aromatic rings. The quantitative estimate of drug-likeness (QED) is 0.355. The highest BCUT2D eigenvalue weighted by atomic mass is 28.4. The van der Waals surface area contributed by atoms with Crippen LogP contribution in [0.3, 0.4) is 0 Å². The average molecular weight is 304 g/mol. The van der Waals surface area contributed by atoms with E-state index in [4.69, 9.17) is 14.6 Å². The van der Waals surface area contributed by atoms with E-state index in [-0.39, 0.29) is 0 Å². The lowest BCUT2D eigenvalue weighted by Crippen LogP contribution is -2.38. The molecule has 0 heterocycles. The van der Waals surface area contributed by atoms with Gasteiger partial charge >= 0.3 is 8.56 Å². The van der Waals surface area contributed by atoms with Crippen LogP contribution in [0.1, 0.15) is 71.6 Å². The van der Waals surface area contributed by atoms with Crippen molar-refractivity contribution in [3.8, 4) is 0 Å². The molecule has 122 valence electrons. The van der Waals surface area contributed by atoms with Gasteiger partial charge < -0.3 is 14.6 Å². The van der Waals surface area contributed by atoms with Crippen LogP contribution >= 0.6 is 0 Å². The number of hydrogen-bond acceptors (Lipinski definition) is 3. The lowest BCUT2D eigenvalue weighted by atomic mass is 10.1. The van der Waals surface area contributed by atoms with Gasteiger partial charge in [0.15, 0.2) is 0 Å². The van der Waals surface area contributed by atoms with Gasteiger partial charge in [-0.1, -0.05) is 51.4 Å². The maximum absolute atomic E-state index is 5.86. The maximum atomic E-state index is 5.86. The SMILES string of the molecule is CCO[Si](C)(CCCCCCCCCCCN)OCC. The second-order valence-corrected chi connectivity index (χ2v) is 9.07. The monoisotopic (exact) mass is 303 g/mol. The van der Waals surface area contributed by atoms with Crippen molar-refractivity contribution < 1.29 is 8.85 Å². The molecule has 0 amide bonds. The third kappa shape index (κ3) is 11.9. The summed E-state index contributed by atoms with van der Waals surface area (Å²) in [7, 11) is -1.85. The van der Waals surface area contributed by atoms with Crippen molar-refractivity contribution in [2.75, 3.05) is 19.8 Å². The first-order valence-electron chi connectivity index (χ1n) is 8.66. The van der Waals surface area contributed by atoms with Crippen LogP contribution in [-0.2, 0) is 8.85 Å². The van der Waals surface area contributed by atoms with Crippen LogP contribution in [-0.4, -0.2) is 28.3 Å². The first-order valence-corrected chi connectivity index (χ1v) is 11.2. The fourth-order valence-electron chi connectivity index (χ4n) is 2.62. The van der Waals surface area contributed by atoms with E-state index in [0.717, 1.165) is 25.8 Å². The summed E-state index contributed by atoms with van der Waals surface area (Å²) in [6.45, 7) is 8.75. The molecule has 0 aliphatic heterocycles. The molecule has 20 heavy (non-hydrogen) atoms. The van der Waals surface area contributed by atoms with Crippen molar-refractivity contribution >= 4 is 8.56 Å². The van der Waals surface area contributed by atoms with E-state index in [9.17, 15) is 0 Å². The summed E-state index contributed by atoms with van der Waals surface area (Å²) < 4.78 is 11.7. The van der Waals surface area contributed by atoms with Gasteiger partial charge in [0.05, 0.1) is 0 Å². The van der Waals surface area contributed by atoms with E-state index in [1.54, 1.807) is 0 Å². The zero-order valence-electron chi connectivity index (χ0n) is 14.1. The van der Waals surface area contributed by atoms with Crippen molar-refractivity contribution in [2.45, 2.75) is 84.2 Å². The lowest BCUT2D eigenvalue weighted by molar-refractivity contribution is 0.188. The van der Waals surface area contributed by atoms with E-state index in [0.29, 0.717) is 0 Å². The second-order valence-electron chi connectivity index (χ2n) is 5.72. The lowest BCUT2D eigenvalue weighted by Gasteiger charge is -2.25. The Bertz CT molecular complexity index is 197. The number of hydrogen-bond donors (Lipinski definition) is 1. The predicted octanol–water partition coefficient (Wildman–Crippen LogP) is 4.60. The van der Waals surface area contributed by atoms with Gasteiger partial charge in [0, 0.05) is 13.2 Å². The first-order chi connectivity index (χ1) is 9.68.